The Kier molecular flexibility index (Phi) is 5.42. The average Bonchev–Trinajstić information content (AvgIpc) is 2.60. The van der Waals surface area contributed by atoms with Gasteiger partial charge in [-0.1, -0.05) is 12.1 Å². The highest BCUT2D eigenvalue weighted by Gasteiger charge is 2.27. The normalized spacial score (nSPS) is 14.5. The van der Waals surface area contributed by atoms with Crippen molar-refractivity contribution in [1.82, 2.24) is 4.31 Å². The molecule has 132 valence electrons. The number of hydrogen-bond acceptors (Lipinski definition) is 4. The van der Waals surface area contributed by atoms with E-state index < -0.39 is 10.0 Å². The van der Waals surface area contributed by atoms with E-state index in [0.29, 0.717) is 12.1 Å². The van der Waals surface area contributed by atoms with E-state index in [1.54, 1.807) is 22.7 Å². The minimum atomic E-state index is -3.59. The predicted octanol–water partition coefficient (Wildman–Crippen LogP) is 3.29. The van der Waals surface area contributed by atoms with Crippen molar-refractivity contribution in [3.63, 3.8) is 0 Å². The number of halogens is 1. The van der Waals surface area contributed by atoms with Gasteiger partial charge in [0.2, 0.25) is 10.0 Å². The van der Waals surface area contributed by atoms with Gasteiger partial charge in [0.15, 0.2) is 0 Å². The Bertz CT molecular complexity index is 929. The lowest BCUT2D eigenvalue weighted by Crippen LogP contribution is -2.36. The molecule has 1 aliphatic heterocycles. The van der Waals surface area contributed by atoms with Crippen LogP contribution in [0.3, 0.4) is 0 Å². The summed E-state index contributed by atoms with van der Waals surface area (Å²) in [5, 5.41) is 0. The number of amides is 1. The number of sulfonamides is 1. The number of thioether (sulfide) groups is 1. The van der Waals surface area contributed by atoms with Gasteiger partial charge in [0.05, 0.1) is 16.1 Å². The van der Waals surface area contributed by atoms with Crippen LogP contribution in [-0.2, 0) is 10.0 Å². The van der Waals surface area contributed by atoms with Gasteiger partial charge in [0.1, 0.15) is 0 Å². The number of nitrogens with zero attached hydrogens (tertiary/aromatic N) is 2. The number of hydrogen-bond donors (Lipinski definition) is 0. The fraction of sp³-hybridized carbons (Fsp3) is 0.235. The molecule has 0 saturated carbocycles. The summed E-state index contributed by atoms with van der Waals surface area (Å²) in [6.07, 6.45) is 0. The maximum atomic E-state index is 13.1. The molecule has 5 nitrogen and oxygen atoms in total. The van der Waals surface area contributed by atoms with E-state index in [1.165, 1.54) is 26.2 Å². The van der Waals surface area contributed by atoms with Crippen molar-refractivity contribution in [2.75, 3.05) is 31.3 Å². The molecular formula is C17H17IN2O3S2. The molecule has 0 aliphatic carbocycles. The monoisotopic (exact) mass is 488 g/mol. The van der Waals surface area contributed by atoms with E-state index >= 15 is 0 Å². The van der Waals surface area contributed by atoms with E-state index in [-0.39, 0.29) is 10.8 Å². The maximum absolute atomic E-state index is 13.1. The van der Waals surface area contributed by atoms with E-state index in [4.69, 9.17) is 0 Å². The van der Waals surface area contributed by atoms with Crippen LogP contribution >= 0.6 is 34.4 Å². The summed E-state index contributed by atoms with van der Waals surface area (Å²) in [7, 11) is -0.628. The van der Waals surface area contributed by atoms with Crippen LogP contribution in [0, 0.1) is 3.57 Å². The number of anilines is 1. The molecule has 3 rings (SSSR count). The molecule has 2 aromatic carbocycles. The highest BCUT2D eigenvalue weighted by Crippen LogP contribution is 2.35. The van der Waals surface area contributed by atoms with Gasteiger partial charge < -0.3 is 4.90 Å². The van der Waals surface area contributed by atoms with Crippen molar-refractivity contribution in [3.8, 4) is 0 Å². The zero-order chi connectivity index (χ0) is 18.2. The van der Waals surface area contributed by atoms with Gasteiger partial charge in [-0.2, -0.15) is 0 Å². The van der Waals surface area contributed by atoms with Crippen LogP contribution in [0.2, 0.25) is 0 Å². The first kappa shape index (κ1) is 18.7. The van der Waals surface area contributed by atoms with Crippen LogP contribution < -0.4 is 4.90 Å². The molecule has 0 N–H and O–H groups in total. The third kappa shape index (κ3) is 3.57. The Morgan fingerprint density at radius 3 is 2.64 bits per heavy atom. The topological polar surface area (TPSA) is 57.7 Å². The van der Waals surface area contributed by atoms with Gasteiger partial charge in [-0.05, 0) is 52.9 Å². The lowest BCUT2D eigenvalue weighted by atomic mass is 10.1. The van der Waals surface area contributed by atoms with Crippen LogP contribution in [-0.4, -0.2) is 45.0 Å². The van der Waals surface area contributed by atoms with Crippen molar-refractivity contribution < 1.29 is 13.2 Å². The number of carbonyl (C=O) groups is 1. The molecule has 25 heavy (non-hydrogen) atoms. The first-order valence-electron chi connectivity index (χ1n) is 7.58. The zero-order valence-electron chi connectivity index (χ0n) is 13.8. The van der Waals surface area contributed by atoms with Crippen molar-refractivity contribution >= 4 is 56.0 Å². The second-order valence-corrected chi connectivity index (χ2v) is 10.2. The van der Waals surface area contributed by atoms with E-state index in [9.17, 15) is 13.2 Å². The summed E-state index contributed by atoms with van der Waals surface area (Å²) < 4.78 is 26.7. The average molecular weight is 488 g/mol. The van der Waals surface area contributed by atoms with E-state index in [2.05, 4.69) is 22.6 Å². The molecule has 0 spiro atoms. The summed E-state index contributed by atoms with van der Waals surface area (Å²) in [6, 6.07) is 12.5. The predicted molar refractivity (Wildman–Crippen MR) is 109 cm³/mol. The Balaban J connectivity index is 2.04. The SMILES string of the molecule is CN(C)S(=O)(=O)c1ccc(I)c(C(=O)N2CCSc3ccccc32)c1. The zero-order valence-corrected chi connectivity index (χ0v) is 17.6. The number of carbonyl (C=O) groups excluding carboxylic acids is 1. The number of para-hydroxylation sites is 1. The first-order chi connectivity index (χ1) is 11.8. The fourth-order valence-electron chi connectivity index (χ4n) is 2.57. The minimum absolute atomic E-state index is 0.126. The second-order valence-electron chi connectivity index (χ2n) is 5.70. The third-order valence-corrected chi connectivity index (χ3v) is 7.72. The van der Waals surface area contributed by atoms with Crippen molar-refractivity contribution in [1.29, 1.82) is 0 Å². The summed E-state index contributed by atoms with van der Waals surface area (Å²) in [6.45, 7) is 0.598. The lowest BCUT2D eigenvalue weighted by molar-refractivity contribution is 0.0986. The number of benzene rings is 2. The third-order valence-electron chi connectivity index (χ3n) is 3.92. The standard InChI is InChI=1S/C17H17IN2O3S2/c1-19(2)25(22,23)12-7-8-14(18)13(11-12)17(21)20-9-10-24-16-6-4-3-5-15(16)20/h3-8,11H,9-10H2,1-2H3. The molecule has 1 heterocycles. The molecule has 0 atom stereocenters. The lowest BCUT2D eigenvalue weighted by Gasteiger charge is -2.29. The maximum Gasteiger partial charge on any atom is 0.259 e. The molecule has 0 aromatic heterocycles. The smallest absolute Gasteiger partial charge is 0.259 e. The van der Waals surface area contributed by atoms with Crippen LogP contribution in [0.15, 0.2) is 52.3 Å². The number of rotatable bonds is 3. The van der Waals surface area contributed by atoms with Gasteiger partial charge in [0.25, 0.3) is 5.91 Å². The van der Waals surface area contributed by atoms with Gasteiger partial charge in [-0.15, -0.1) is 11.8 Å². The summed E-state index contributed by atoms with van der Waals surface area (Å²) >= 11 is 3.79. The molecule has 0 saturated heterocycles. The summed E-state index contributed by atoms with van der Waals surface area (Å²) in [5.74, 6) is 0.641. The summed E-state index contributed by atoms with van der Waals surface area (Å²) in [4.78, 5) is 16.1. The molecule has 0 bridgehead atoms. The molecule has 1 aliphatic rings. The van der Waals surface area contributed by atoms with Crippen LogP contribution in [0.4, 0.5) is 5.69 Å². The van der Waals surface area contributed by atoms with Gasteiger partial charge in [-0.25, -0.2) is 12.7 Å². The molecule has 0 fully saturated rings. The molecule has 8 heteroatoms. The van der Waals surface area contributed by atoms with Crippen LogP contribution in [0.25, 0.3) is 0 Å². The second kappa shape index (κ2) is 7.26. The van der Waals surface area contributed by atoms with E-state index in [1.807, 2.05) is 24.3 Å². The van der Waals surface area contributed by atoms with Gasteiger partial charge in [0, 0.05) is 34.9 Å². The van der Waals surface area contributed by atoms with Crippen molar-refractivity contribution in [2.45, 2.75) is 9.79 Å². The summed E-state index contributed by atoms with van der Waals surface area (Å²) in [5.41, 5.74) is 1.28. The Labute approximate surface area is 165 Å². The van der Waals surface area contributed by atoms with Crippen molar-refractivity contribution in [2.24, 2.45) is 0 Å². The quantitative estimate of drug-likeness (QED) is 0.623. The Morgan fingerprint density at radius 2 is 1.92 bits per heavy atom. The minimum Gasteiger partial charge on any atom is -0.306 e. The highest BCUT2D eigenvalue weighted by molar-refractivity contribution is 14.1. The highest BCUT2D eigenvalue weighted by atomic mass is 127. The first-order valence-corrected chi connectivity index (χ1v) is 11.1. The molecular weight excluding hydrogens is 471 g/mol. The van der Waals surface area contributed by atoms with Gasteiger partial charge >= 0.3 is 0 Å². The molecule has 0 radical (unpaired) electrons. The van der Waals surface area contributed by atoms with Crippen LogP contribution in [0.5, 0.6) is 0 Å². The molecule has 0 unspecified atom stereocenters. The van der Waals surface area contributed by atoms with E-state index in [0.717, 1.165) is 24.2 Å². The van der Waals surface area contributed by atoms with Crippen molar-refractivity contribution in [3.05, 3.63) is 51.6 Å². The van der Waals surface area contributed by atoms with Gasteiger partial charge in [-0.3, -0.25) is 4.79 Å². The largest absolute Gasteiger partial charge is 0.306 e. The van der Waals surface area contributed by atoms with Crippen LogP contribution in [0.1, 0.15) is 10.4 Å². The Morgan fingerprint density at radius 1 is 1.20 bits per heavy atom. The molecule has 1 amide bonds. The number of fused-ring (bicyclic) bond motifs is 1. The Hall–Kier alpha value is -1.10. The fourth-order valence-corrected chi connectivity index (χ4v) is 5.05. The molecule has 2 aromatic rings.